The molecular weight excluding hydrogens is 444 g/mol. The summed E-state index contributed by atoms with van der Waals surface area (Å²) in [5, 5.41) is 3.26. The second kappa shape index (κ2) is 7.32. The number of benzene rings is 1. The molecule has 1 saturated heterocycles. The van der Waals surface area contributed by atoms with Crippen molar-refractivity contribution >= 4 is 37.8 Å². The Kier molecular flexibility index (Phi) is 5.67. The molecule has 1 unspecified atom stereocenters. The summed E-state index contributed by atoms with van der Waals surface area (Å²) in [7, 11) is 0. The van der Waals surface area contributed by atoms with Crippen LogP contribution in [-0.2, 0) is 0 Å². The first-order valence-corrected chi connectivity index (χ1v) is 10.7. The van der Waals surface area contributed by atoms with Crippen molar-refractivity contribution in [1.82, 2.24) is 10.2 Å². The molecule has 3 nitrogen and oxygen atoms in total. The van der Waals surface area contributed by atoms with E-state index >= 15 is 0 Å². The summed E-state index contributed by atoms with van der Waals surface area (Å²) < 4.78 is 1.84. The van der Waals surface area contributed by atoms with Crippen LogP contribution in [0.3, 0.4) is 0 Å². The number of nitrogens with one attached hydrogen (secondary N) is 1. The van der Waals surface area contributed by atoms with Gasteiger partial charge in [0.25, 0.3) is 5.91 Å². The van der Waals surface area contributed by atoms with Crippen LogP contribution in [0.2, 0.25) is 0 Å². The van der Waals surface area contributed by atoms with Gasteiger partial charge >= 0.3 is 0 Å². The third-order valence-electron chi connectivity index (χ3n) is 5.65. The van der Waals surface area contributed by atoms with Crippen LogP contribution < -0.4 is 5.32 Å². The van der Waals surface area contributed by atoms with Crippen molar-refractivity contribution in [3.05, 3.63) is 32.7 Å². The van der Waals surface area contributed by atoms with E-state index in [0.29, 0.717) is 22.4 Å². The molecule has 25 heavy (non-hydrogen) atoms. The highest BCUT2D eigenvalue weighted by atomic mass is 79.9. The predicted molar refractivity (Wildman–Crippen MR) is 110 cm³/mol. The highest BCUT2D eigenvalue weighted by Crippen LogP contribution is 2.54. The maximum atomic E-state index is 12.5. The molecule has 1 aromatic rings. The van der Waals surface area contributed by atoms with E-state index in [9.17, 15) is 4.79 Å². The molecule has 1 amide bonds. The molecule has 0 radical (unpaired) electrons. The van der Waals surface area contributed by atoms with E-state index in [4.69, 9.17) is 0 Å². The third-order valence-corrected chi connectivity index (χ3v) is 6.57. The van der Waals surface area contributed by atoms with Gasteiger partial charge in [0.1, 0.15) is 0 Å². The van der Waals surface area contributed by atoms with Crippen molar-refractivity contribution < 1.29 is 4.79 Å². The van der Waals surface area contributed by atoms with E-state index in [1.54, 1.807) is 0 Å². The molecular formula is C20H28Br2N2O. The molecule has 0 aromatic heterocycles. The quantitative estimate of drug-likeness (QED) is 0.651. The van der Waals surface area contributed by atoms with Crippen LogP contribution in [-0.4, -0.2) is 36.5 Å². The van der Waals surface area contributed by atoms with E-state index in [2.05, 4.69) is 62.8 Å². The Morgan fingerprint density at radius 2 is 1.80 bits per heavy atom. The number of hydrogen-bond acceptors (Lipinski definition) is 2. The van der Waals surface area contributed by atoms with Gasteiger partial charge in [-0.15, -0.1) is 0 Å². The van der Waals surface area contributed by atoms with Crippen molar-refractivity contribution in [3.63, 3.8) is 0 Å². The second-order valence-electron chi connectivity index (χ2n) is 8.90. The minimum atomic E-state index is 0.0408. The highest BCUT2D eigenvalue weighted by molar-refractivity contribution is 9.11. The summed E-state index contributed by atoms with van der Waals surface area (Å²) in [6, 6.07) is 6.06. The number of likely N-dealkylation sites (tertiary alicyclic amines) is 1. The van der Waals surface area contributed by atoms with Crippen molar-refractivity contribution in [3.8, 4) is 0 Å². The average molecular weight is 472 g/mol. The lowest BCUT2D eigenvalue weighted by Crippen LogP contribution is -2.39. The number of carbonyl (C=O) groups excluding carboxylic acids is 1. The SMILES string of the molecule is CC(C)(C)CCN1CCC2(CC1)CC2NC(=O)c1cc(Br)cc(Br)c1. The van der Waals surface area contributed by atoms with Crippen molar-refractivity contribution in [2.75, 3.05) is 19.6 Å². The summed E-state index contributed by atoms with van der Waals surface area (Å²) in [5.74, 6) is 0.0408. The van der Waals surface area contributed by atoms with Crippen LogP contribution in [0.1, 0.15) is 56.8 Å². The smallest absolute Gasteiger partial charge is 0.251 e. The van der Waals surface area contributed by atoms with Crippen LogP contribution >= 0.6 is 31.9 Å². The molecule has 1 aliphatic carbocycles. The fourth-order valence-electron chi connectivity index (χ4n) is 3.75. The summed E-state index contributed by atoms with van der Waals surface area (Å²) in [5.41, 5.74) is 1.48. The van der Waals surface area contributed by atoms with Gasteiger partial charge in [0, 0.05) is 20.6 Å². The van der Waals surface area contributed by atoms with Gasteiger partial charge in [-0.1, -0.05) is 52.6 Å². The first kappa shape index (κ1) is 19.4. The lowest BCUT2D eigenvalue weighted by atomic mass is 9.89. The zero-order valence-electron chi connectivity index (χ0n) is 15.4. The number of halogens is 2. The molecule has 1 N–H and O–H groups in total. The molecule has 1 saturated carbocycles. The molecule has 1 atom stereocenters. The summed E-state index contributed by atoms with van der Waals surface area (Å²) in [6.45, 7) is 10.5. The van der Waals surface area contributed by atoms with Gasteiger partial charge in [0.05, 0.1) is 0 Å². The predicted octanol–water partition coefficient (Wildman–Crippen LogP) is 5.23. The molecule has 1 heterocycles. The standard InChI is InChI=1S/C20H28Br2N2O/c1-19(2,3)4-7-24-8-5-20(6-9-24)13-17(20)23-18(25)14-10-15(21)12-16(22)11-14/h10-12,17H,4-9,13H2,1-3H3,(H,23,25). The molecule has 5 heteroatoms. The number of carbonyl (C=O) groups is 1. The average Bonchev–Trinajstić information content (AvgIpc) is 3.16. The van der Waals surface area contributed by atoms with Crippen molar-refractivity contribution in [2.24, 2.45) is 10.8 Å². The molecule has 1 spiro atoms. The van der Waals surface area contributed by atoms with Crippen LogP contribution in [0.25, 0.3) is 0 Å². The van der Waals surface area contributed by atoms with Crippen molar-refractivity contribution in [2.45, 2.75) is 52.5 Å². The largest absolute Gasteiger partial charge is 0.349 e. The Morgan fingerprint density at radius 1 is 1.20 bits per heavy atom. The van der Waals surface area contributed by atoms with Crippen LogP contribution in [0.4, 0.5) is 0 Å². The summed E-state index contributed by atoms with van der Waals surface area (Å²) in [6.07, 6.45) is 4.81. The number of rotatable bonds is 4. The van der Waals surface area contributed by atoms with Gasteiger partial charge in [-0.3, -0.25) is 4.79 Å². The van der Waals surface area contributed by atoms with E-state index in [-0.39, 0.29) is 5.91 Å². The minimum Gasteiger partial charge on any atom is -0.349 e. The normalized spacial score (nSPS) is 22.8. The second-order valence-corrected chi connectivity index (χ2v) is 10.7. The lowest BCUT2D eigenvalue weighted by molar-refractivity contribution is 0.0932. The molecule has 2 fully saturated rings. The Balaban J connectivity index is 1.49. The molecule has 2 aliphatic rings. The van der Waals surface area contributed by atoms with Gasteiger partial charge in [0.2, 0.25) is 0 Å². The first-order valence-electron chi connectivity index (χ1n) is 9.16. The maximum Gasteiger partial charge on any atom is 0.251 e. The maximum absolute atomic E-state index is 12.5. The first-order chi connectivity index (χ1) is 11.7. The summed E-state index contributed by atoms with van der Waals surface area (Å²) >= 11 is 6.91. The number of hydrogen-bond donors (Lipinski definition) is 1. The van der Waals surface area contributed by atoms with E-state index in [0.717, 1.165) is 15.4 Å². The van der Waals surface area contributed by atoms with Crippen molar-refractivity contribution in [1.29, 1.82) is 0 Å². The van der Waals surface area contributed by atoms with Crippen LogP contribution in [0.15, 0.2) is 27.1 Å². The zero-order valence-corrected chi connectivity index (χ0v) is 18.5. The Labute approximate surface area is 168 Å². The van der Waals surface area contributed by atoms with Gasteiger partial charge in [-0.2, -0.15) is 0 Å². The highest BCUT2D eigenvalue weighted by Gasteiger charge is 2.55. The van der Waals surface area contributed by atoms with E-state index in [1.165, 1.54) is 38.9 Å². The minimum absolute atomic E-state index is 0.0408. The Bertz CT molecular complexity index is 625. The Morgan fingerprint density at radius 3 is 2.36 bits per heavy atom. The topological polar surface area (TPSA) is 32.3 Å². The van der Waals surface area contributed by atoms with Crippen LogP contribution in [0.5, 0.6) is 0 Å². The number of amides is 1. The molecule has 0 bridgehead atoms. The fourth-order valence-corrected chi connectivity index (χ4v) is 5.04. The van der Waals surface area contributed by atoms with E-state index < -0.39 is 0 Å². The molecule has 3 rings (SSSR count). The molecule has 138 valence electrons. The molecule has 1 aliphatic heterocycles. The lowest BCUT2D eigenvalue weighted by Gasteiger charge is -2.34. The van der Waals surface area contributed by atoms with Gasteiger partial charge in [-0.25, -0.2) is 0 Å². The Hall–Kier alpha value is -0.390. The molecule has 1 aromatic carbocycles. The van der Waals surface area contributed by atoms with Gasteiger partial charge < -0.3 is 10.2 Å². The fraction of sp³-hybridized carbons (Fsp3) is 0.650. The zero-order chi connectivity index (χ0) is 18.2. The van der Waals surface area contributed by atoms with E-state index in [1.807, 2.05) is 18.2 Å². The van der Waals surface area contributed by atoms with Gasteiger partial charge in [-0.05, 0) is 74.3 Å². The number of nitrogens with zero attached hydrogens (tertiary/aromatic N) is 1. The third kappa shape index (κ3) is 5.08. The monoisotopic (exact) mass is 470 g/mol. The number of piperidine rings is 1. The van der Waals surface area contributed by atoms with Gasteiger partial charge in [0.15, 0.2) is 0 Å². The summed E-state index contributed by atoms with van der Waals surface area (Å²) in [4.78, 5) is 15.1. The van der Waals surface area contributed by atoms with Crippen LogP contribution in [0, 0.1) is 10.8 Å².